The average Bonchev–Trinajstić information content (AvgIpc) is 2.64. The van der Waals surface area contributed by atoms with Gasteiger partial charge in [-0.05, 0) is 61.4 Å². The molecule has 0 saturated carbocycles. The third kappa shape index (κ3) is 4.92. The van der Waals surface area contributed by atoms with Crippen molar-refractivity contribution in [3.05, 3.63) is 59.7 Å². The van der Waals surface area contributed by atoms with Crippen molar-refractivity contribution in [1.82, 2.24) is 0 Å². The van der Waals surface area contributed by atoms with Gasteiger partial charge in [-0.15, -0.1) is 0 Å². The number of rotatable bonds is 6. The molecule has 128 valence electrons. The van der Waals surface area contributed by atoms with Gasteiger partial charge in [0.25, 0.3) is 5.91 Å². The number of nitrogens with one attached hydrogen (secondary N) is 2. The highest BCUT2D eigenvalue weighted by Crippen LogP contribution is 2.16. The van der Waals surface area contributed by atoms with Gasteiger partial charge in [0.15, 0.2) is 0 Å². The van der Waals surface area contributed by atoms with Crippen LogP contribution in [0.2, 0.25) is 0 Å². The molecule has 2 amide bonds. The molecular formula is C20H21N3O2. The highest BCUT2D eigenvalue weighted by atomic mass is 16.2. The minimum absolute atomic E-state index is 0.000200. The smallest absolute Gasteiger partial charge is 0.255 e. The largest absolute Gasteiger partial charge is 0.326 e. The molecule has 2 N–H and O–H groups in total. The van der Waals surface area contributed by atoms with Crippen LogP contribution in [0.15, 0.2) is 48.5 Å². The predicted molar refractivity (Wildman–Crippen MR) is 98.3 cm³/mol. The van der Waals surface area contributed by atoms with Crippen molar-refractivity contribution in [3.63, 3.8) is 0 Å². The Morgan fingerprint density at radius 2 is 1.44 bits per heavy atom. The van der Waals surface area contributed by atoms with E-state index >= 15 is 0 Å². The summed E-state index contributed by atoms with van der Waals surface area (Å²) >= 11 is 0. The number of hydrogen-bond donors (Lipinski definition) is 2. The molecule has 0 aliphatic heterocycles. The Morgan fingerprint density at radius 3 is 1.96 bits per heavy atom. The number of hydrogen-bond acceptors (Lipinski definition) is 3. The van der Waals surface area contributed by atoms with E-state index < -0.39 is 0 Å². The monoisotopic (exact) mass is 335 g/mol. The van der Waals surface area contributed by atoms with Crippen molar-refractivity contribution in [2.45, 2.75) is 26.7 Å². The number of carbonyl (C=O) groups excluding carboxylic acids is 2. The summed E-state index contributed by atoms with van der Waals surface area (Å²) in [5, 5.41) is 14.4. The second-order valence-corrected chi connectivity index (χ2v) is 5.72. The van der Waals surface area contributed by atoms with Crippen molar-refractivity contribution in [3.8, 4) is 6.07 Å². The fraction of sp³-hybridized carbons (Fsp3) is 0.250. The molecule has 0 bridgehead atoms. The molecule has 0 aliphatic rings. The molecule has 0 fully saturated rings. The van der Waals surface area contributed by atoms with Crippen LogP contribution in [0.3, 0.4) is 0 Å². The number of amides is 2. The average molecular weight is 335 g/mol. The zero-order chi connectivity index (χ0) is 18.2. The van der Waals surface area contributed by atoms with E-state index in [-0.39, 0.29) is 17.7 Å². The van der Waals surface area contributed by atoms with Crippen LogP contribution in [0.1, 0.15) is 42.6 Å². The van der Waals surface area contributed by atoms with Gasteiger partial charge in [-0.2, -0.15) is 5.26 Å². The lowest BCUT2D eigenvalue weighted by Gasteiger charge is -2.13. The third-order valence-electron chi connectivity index (χ3n) is 4.04. The quantitative estimate of drug-likeness (QED) is 0.830. The van der Waals surface area contributed by atoms with Crippen LogP contribution in [0.5, 0.6) is 0 Å². The van der Waals surface area contributed by atoms with Gasteiger partial charge < -0.3 is 10.6 Å². The van der Waals surface area contributed by atoms with Crippen LogP contribution >= 0.6 is 0 Å². The fourth-order valence-corrected chi connectivity index (χ4v) is 2.44. The molecule has 0 heterocycles. The minimum atomic E-state index is -0.248. The van der Waals surface area contributed by atoms with Gasteiger partial charge in [-0.25, -0.2) is 0 Å². The molecular weight excluding hydrogens is 314 g/mol. The van der Waals surface area contributed by atoms with Crippen molar-refractivity contribution in [2.75, 3.05) is 10.6 Å². The second kappa shape index (κ2) is 8.65. The van der Waals surface area contributed by atoms with Gasteiger partial charge in [0.05, 0.1) is 11.6 Å². The number of benzene rings is 2. The second-order valence-electron chi connectivity index (χ2n) is 5.72. The van der Waals surface area contributed by atoms with Crippen molar-refractivity contribution in [1.29, 1.82) is 5.26 Å². The predicted octanol–water partition coefficient (Wildman–Crippen LogP) is 4.19. The Bertz CT molecular complexity index is 770. The highest BCUT2D eigenvalue weighted by molar-refractivity contribution is 6.04. The Hall–Kier alpha value is -3.13. The van der Waals surface area contributed by atoms with Crippen LogP contribution in [-0.2, 0) is 4.79 Å². The first kappa shape index (κ1) is 18.2. The molecule has 25 heavy (non-hydrogen) atoms. The summed E-state index contributed by atoms with van der Waals surface area (Å²) in [6, 6.07) is 15.5. The lowest BCUT2D eigenvalue weighted by atomic mass is 10.0. The SMILES string of the molecule is CCC(CC)C(=O)Nc1ccc(C(=O)Nc2ccc(C#N)cc2)cc1. The summed E-state index contributed by atoms with van der Waals surface area (Å²) in [5.41, 5.74) is 2.32. The number of nitrogens with zero attached hydrogens (tertiary/aromatic N) is 1. The Morgan fingerprint density at radius 1 is 0.920 bits per heavy atom. The summed E-state index contributed by atoms with van der Waals surface area (Å²) in [7, 11) is 0. The van der Waals surface area contributed by atoms with Crippen molar-refractivity contribution < 1.29 is 9.59 Å². The van der Waals surface area contributed by atoms with E-state index in [2.05, 4.69) is 10.6 Å². The number of nitriles is 1. The van der Waals surface area contributed by atoms with Gasteiger partial charge in [0.2, 0.25) is 5.91 Å². The van der Waals surface area contributed by atoms with Gasteiger partial charge in [0.1, 0.15) is 0 Å². The molecule has 5 nitrogen and oxygen atoms in total. The van der Waals surface area contributed by atoms with E-state index in [1.807, 2.05) is 19.9 Å². The van der Waals surface area contributed by atoms with E-state index in [4.69, 9.17) is 5.26 Å². The van der Waals surface area contributed by atoms with Gasteiger partial charge >= 0.3 is 0 Å². The first-order valence-corrected chi connectivity index (χ1v) is 8.29. The van der Waals surface area contributed by atoms with Crippen LogP contribution in [0.4, 0.5) is 11.4 Å². The zero-order valence-electron chi connectivity index (χ0n) is 14.4. The maximum absolute atomic E-state index is 12.2. The first-order chi connectivity index (χ1) is 12.1. The summed E-state index contributed by atoms with van der Waals surface area (Å²) in [5.74, 6) is -0.248. The lowest BCUT2D eigenvalue weighted by molar-refractivity contribution is -0.120. The first-order valence-electron chi connectivity index (χ1n) is 8.29. The maximum Gasteiger partial charge on any atom is 0.255 e. The Labute approximate surface area is 147 Å². The van der Waals surface area contributed by atoms with Gasteiger partial charge in [0, 0.05) is 22.9 Å². The van der Waals surface area contributed by atoms with Crippen LogP contribution < -0.4 is 10.6 Å². The summed E-state index contributed by atoms with van der Waals surface area (Å²) < 4.78 is 0. The molecule has 0 radical (unpaired) electrons. The maximum atomic E-state index is 12.2. The summed E-state index contributed by atoms with van der Waals surface area (Å²) in [4.78, 5) is 24.3. The standard InChI is InChI=1S/C20H21N3O2/c1-3-15(4-2)19(24)22-18-11-7-16(8-12-18)20(25)23-17-9-5-14(13-21)6-10-17/h5-12,15H,3-4H2,1-2H3,(H,22,24)(H,23,25). The summed E-state index contributed by atoms with van der Waals surface area (Å²) in [6.07, 6.45) is 1.60. The van der Waals surface area contributed by atoms with E-state index in [1.165, 1.54) is 0 Å². The molecule has 5 heteroatoms. The van der Waals surface area contributed by atoms with Crippen LogP contribution in [-0.4, -0.2) is 11.8 Å². The Kier molecular flexibility index (Phi) is 6.30. The summed E-state index contributed by atoms with van der Waals surface area (Å²) in [6.45, 7) is 3.98. The van der Waals surface area contributed by atoms with Crippen molar-refractivity contribution >= 4 is 23.2 Å². The molecule has 0 saturated heterocycles. The van der Waals surface area contributed by atoms with Crippen LogP contribution in [0, 0.1) is 17.2 Å². The molecule has 0 aliphatic carbocycles. The van der Waals surface area contributed by atoms with Gasteiger partial charge in [-0.3, -0.25) is 9.59 Å². The zero-order valence-corrected chi connectivity index (χ0v) is 14.4. The number of carbonyl (C=O) groups is 2. The normalized spacial score (nSPS) is 10.2. The molecule has 0 unspecified atom stereocenters. The fourth-order valence-electron chi connectivity index (χ4n) is 2.44. The third-order valence-corrected chi connectivity index (χ3v) is 4.04. The van der Waals surface area contributed by atoms with E-state index in [9.17, 15) is 9.59 Å². The molecule has 0 spiro atoms. The molecule has 2 rings (SSSR count). The highest BCUT2D eigenvalue weighted by Gasteiger charge is 2.14. The Balaban J connectivity index is 2.00. The van der Waals surface area contributed by atoms with E-state index in [0.717, 1.165) is 12.8 Å². The molecule has 2 aromatic carbocycles. The molecule has 0 atom stereocenters. The lowest BCUT2D eigenvalue weighted by Crippen LogP contribution is -2.21. The minimum Gasteiger partial charge on any atom is -0.326 e. The molecule has 0 aromatic heterocycles. The molecule has 2 aromatic rings. The van der Waals surface area contributed by atoms with E-state index in [0.29, 0.717) is 22.5 Å². The van der Waals surface area contributed by atoms with E-state index in [1.54, 1.807) is 48.5 Å². The van der Waals surface area contributed by atoms with Crippen molar-refractivity contribution in [2.24, 2.45) is 5.92 Å². The van der Waals surface area contributed by atoms with Crippen LogP contribution in [0.25, 0.3) is 0 Å². The topological polar surface area (TPSA) is 82.0 Å². The number of anilines is 2. The van der Waals surface area contributed by atoms with Gasteiger partial charge in [-0.1, -0.05) is 13.8 Å².